The van der Waals surface area contributed by atoms with Crippen molar-refractivity contribution in [3.63, 3.8) is 0 Å². The van der Waals surface area contributed by atoms with Crippen LogP contribution in [-0.4, -0.2) is 35.0 Å². The molecular formula is C17H22ClN3O2S. The Balaban J connectivity index is 1.31. The van der Waals surface area contributed by atoms with Gasteiger partial charge in [-0.3, -0.25) is 4.79 Å². The van der Waals surface area contributed by atoms with Crippen molar-refractivity contribution in [1.29, 1.82) is 0 Å². The molecule has 3 unspecified atom stereocenters. The van der Waals surface area contributed by atoms with Gasteiger partial charge < -0.3 is 16.0 Å². The van der Waals surface area contributed by atoms with E-state index in [4.69, 9.17) is 11.6 Å². The van der Waals surface area contributed by atoms with Gasteiger partial charge >= 0.3 is 6.03 Å². The lowest BCUT2D eigenvalue weighted by molar-refractivity contribution is -0.121. The smallest absolute Gasteiger partial charge is 0.315 e. The van der Waals surface area contributed by atoms with Crippen LogP contribution in [0, 0.1) is 0 Å². The molecule has 2 heterocycles. The topological polar surface area (TPSA) is 70.2 Å². The van der Waals surface area contributed by atoms with Gasteiger partial charge in [0.25, 0.3) is 0 Å². The molecule has 2 saturated heterocycles. The van der Waals surface area contributed by atoms with Crippen LogP contribution in [0.25, 0.3) is 0 Å². The molecule has 3 N–H and O–H groups in total. The van der Waals surface area contributed by atoms with Gasteiger partial charge in [-0.05, 0) is 24.5 Å². The second kappa shape index (κ2) is 8.12. The third-order valence-electron chi connectivity index (χ3n) is 4.51. The molecule has 3 atom stereocenters. The van der Waals surface area contributed by atoms with Crippen LogP contribution in [-0.2, 0) is 11.3 Å². The van der Waals surface area contributed by atoms with Crippen molar-refractivity contribution in [2.45, 2.75) is 49.6 Å². The van der Waals surface area contributed by atoms with E-state index in [0.29, 0.717) is 23.2 Å². The van der Waals surface area contributed by atoms with Crippen molar-refractivity contribution in [1.82, 2.24) is 16.0 Å². The Kier molecular flexibility index (Phi) is 5.89. The summed E-state index contributed by atoms with van der Waals surface area (Å²) < 4.78 is 0. The van der Waals surface area contributed by atoms with E-state index in [0.717, 1.165) is 30.6 Å². The van der Waals surface area contributed by atoms with Gasteiger partial charge in [0.05, 0.1) is 12.1 Å². The number of carbonyl (C=O) groups excluding carboxylic acids is 2. The standard InChI is InChI=1S/C17H22ClN3O2S/c18-12-6-2-1-5-11(12)9-19-15(22)8-4-3-7-14-16-13(10-24-14)20-17(23)21-16/h1-2,5-6,13-14,16H,3-4,7-10H2,(H,19,22)(H2,20,21,23). The maximum absolute atomic E-state index is 11.9. The monoisotopic (exact) mass is 367 g/mol. The fourth-order valence-electron chi connectivity index (χ4n) is 3.20. The van der Waals surface area contributed by atoms with Gasteiger partial charge in [0.2, 0.25) is 5.91 Å². The summed E-state index contributed by atoms with van der Waals surface area (Å²) in [6.45, 7) is 0.471. The predicted octanol–water partition coefficient (Wildman–Crippen LogP) is 2.68. The van der Waals surface area contributed by atoms with E-state index in [-0.39, 0.29) is 24.0 Å². The van der Waals surface area contributed by atoms with Crippen LogP contribution in [0.5, 0.6) is 0 Å². The number of halogens is 1. The molecule has 24 heavy (non-hydrogen) atoms. The van der Waals surface area contributed by atoms with E-state index in [1.54, 1.807) is 0 Å². The molecule has 5 nitrogen and oxygen atoms in total. The molecule has 0 bridgehead atoms. The van der Waals surface area contributed by atoms with E-state index >= 15 is 0 Å². The number of nitrogens with one attached hydrogen (secondary N) is 3. The third-order valence-corrected chi connectivity index (χ3v) is 6.39. The molecular weight excluding hydrogens is 346 g/mol. The lowest BCUT2D eigenvalue weighted by Crippen LogP contribution is -2.36. The third kappa shape index (κ3) is 4.36. The second-order valence-corrected chi connectivity index (χ2v) is 7.92. The van der Waals surface area contributed by atoms with Crippen molar-refractivity contribution in [3.8, 4) is 0 Å². The quantitative estimate of drug-likeness (QED) is 0.512. The Labute approximate surface area is 151 Å². The minimum atomic E-state index is -0.0470. The fraction of sp³-hybridized carbons (Fsp3) is 0.529. The molecule has 2 fully saturated rings. The van der Waals surface area contributed by atoms with Crippen molar-refractivity contribution in [3.05, 3.63) is 34.9 Å². The highest BCUT2D eigenvalue weighted by Gasteiger charge is 2.42. The number of unbranched alkanes of at least 4 members (excludes halogenated alkanes) is 1. The Morgan fingerprint density at radius 2 is 2.12 bits per heavy atom. The van der Waals surface area contributed by atoms with Gasteiger partial charge in [-0.25, -0.2) is 4.79 Å². The largest absolute Gasteiger partial charge is 0.352 e. The Bertz CT molecular complexity index is 613. The lowest BCUT2D eigenvalue weighted by Gasteiger charge is -2.16. The molecule has 0 aliphatic carbocycles. The predicted molar refractivity (Wildman–Crippen MR) is 97.3 cm³/mol. The molecule has 2 aliphatic rings. The zero-order valence-corrected chi connectivity index (χ0v) is 15.0. The number of fused-ring (bicyclic) bond motifs is 1. The molecule has 0 spiro atoms. The minimum Gasteiger partial charge on any atom is -0.352 e. The number of rotatable bonds is 7. The van der Waals surface area contributed by atoms with E-state index in [1.807, 2.05) is 36.0 Å². The molecule has 7 heteroatoms. The summed E-state index contributed by atoms with van der Waals surface area (Å²) in [5.41, 5.74) is 0.936. The lowest BCUT2D eigenvalue weighted by atomic mass is 10.0. The van der Waals surface area contributed by atoms with Crippen LogP contribution in [0.3, 0.4) is 0 Å². The molecule has 0 aromatic heterocycles. The summed E-state index contributed by atoms with van der Waals surface area (Å²) in [4.78, 5) is 23.3. The molecule has 2 aliphatic heterocycles. The number of hydrogen-bond acceptors (Lipinski definition) is 3. The van der Waals surface area contributed by atoms with Gasteiger partial charge in [-0.2, -0.15) is 11.8 Å². The second-order valence-electron chi connectivity index (χ2n) is 6.24. The summed E-state index contributed by atoms with van der Waals surface area (Å²) >= 11 is 7.99. The summed E-state index contributed by atoms with van der Waals surface area (Å²) in [5.74, 6) is 1.04. The van der Waals surface area contributed by atoms with Crippen molar-refractivity contribution in [2.24, 2.45) is 0 Å². The molecule has 0 radical (unpaired) electrons. The molecule has 3 amide bonds. The Morgan fingerprint density at radius 3 is 2.96 bits per heavy atom. The summed E-state index contributed by atoms with van der Waals surface area (Å²) in [6.07, 6.45) is 3.42. The first-order chi connectivity index (χ1) is 11.6. The number of carbonyl (C=O) groups is 2. The van der Waals surface area contributed by atoms with Crippen molar-refractivity contribution in [2.75, 3.05) is 5.75 Å². The van der Waals surface area contributed by atoms with E-state index in [9.17, 15) is 9.59 Å². The summed E-state index contributed by atoms with van der Waals surface area (Å²) in [7, 11) is 0. The Morgan fingerprint density at radius 1 is 1.29 bits per heavy atom. The van der Waals surface area contributed by atoms with Gasteiger partial charge in [0.1, 0.15) is 0 Å². The van der Waals surface area contributed by atoms with Crippen LogP contribution < -0.4 is 16.0 Å². The van der Waals surface area contributed by atoms with E-state index < -0.39 is 0 Å². The molecule has 3 rings (SSSR count). The van der Waals surface area contributed by atoms with Crippen LogP contribution in [0.2, 0.25) is 5.02 Å². The highest BCUT2D eigenvalue weighted by Crippen LogP contribution is 2.33. The first-order valence-corrected chi connectivity index (χ1v) is 9.75. The number of hydrogen-bond donors (Lipinski definition) is 3. The van der Waals surface area contributed by atoms with Crippen molar-refractivity contribution >= 4 is 35.3 Å². The van der Waals surface area contributed by atoms with Crippen LogP contribution >= 0.6 is 23.4 Å². The first kappa shape index (κ1) is 17.4. The fourth-order valence-corrected chi connectivity index (χ4v) is 4.94. The summed E-state index contributed by atoms with van der Waals surface area (Å²) in [5, 5.41) is 9.99. The van der Waals surface area contributed by atoms with Crippen LogP contribution in [0.15, 0.2) is 24.3 Å². The maximum atomic E-state index is 11.9. The first-order valence-electron chi connectivity index (χ1n) is 8.32. The maximum Gasteiger partial charge on any atom is 0.315 e. The van der Waals surface area contributed by atoms with Crippen LogP contribution in [0.4, 0.5) is 4.79 Å². The van der Waals surface area contributed by atoms with Crippen molar-refractivity contribution < 1.29 is 9.59 Å². The van der Waals surface area contributed by atoms with E-state index in [2.05, 4.69) is 16.0 Å². The zero-order valence-electron chi connectivity index (χ0n) is 13.4. The summed E-state index contributed by atoms with van der Waals surface area (Å²) in [6, 6.07) is 8.00. The average molecular weight is 368 g/mol. The van der Waals surface area contributed by atoms with E-state index in [1.165, 1.54) is 0 Å². The highest BCUT2D eigenvalue weighted by molar-refractivity contribution is 8.00. The Hall–Kier alpha value is -1.40. The normalized spacial score (nSPS) is 25.0. The average Bonchev–Trinajstić information content (AvgIpc) is 3.10. The van der Waals surface area contributed by atoms with Gasteiger partial charge in [0, 0.05) is 29.0 Å². The molecule has 1 aromatic rings. The van der Waals surface area contributed by atoms with Gasteiger partial charge in [0.15, 0.2) is 0 Å². The number of benzene rings is 1. The molecule has 130 valence electrons. The van der Waals surface area contributed by atoms with Gasteiger partial charge in [-0.1, -0.05) is 36.2 Å². The minimum absolute atomic E-state index is 0.0470. The SMILES string of the molecule is O=C(CCCCC1SCC2NC(=O)NC21)NCc1ccccc1Cl. The molecule has 0 saturated carbocycles. The number of amides is 3. The molecule has 1 aromatic carbocycles. The van der Waals surface area contributed by atoms with Crippen LogP contribution in [0.1, 0.15) is 31.2 Å². The number of thioether (sulfide) groups is 1. The number of urea groups is 1. The highest BCUT2D eigenvalue weighted by atomic mass is 35.5. The van der Waals surface area contributed by atoms with Gasteiger partial charge in [-0.15, -0.1) is 0 Å². The zero-order chi connectivity index (χ0) is 16.9.